The van der Waals surface area contributed by atoms with Crippen LogP contribution < -0.4 is 0 Å². The van der Waals surface area contributed by atoms with Crippen molar-refractivity contribution in [2.45, 2.75) is 13.3 Å². The van der Waals surface area contributed by atoms with Crippen LogP contribution in [0.2, 0.25) is 0 Å². The van der Waals surface area contributed by atoms with E-state index in [9.17, 15) is 4.79 Å². The van der Waals surface area contributed by atoms with E-state index in [1.807, 2.05) is 18.2 Å². The Labute approximate surface area is 92.9 Å². The Bertz CT molecular complexity index is 522. The second-order valence-corrected chi connectivity index (χ2v) is 3.72. The Kier molecular flexibility index (Phi) is 2.69. The van der Waals surface area contributed by atoms with E-state index < -0.39 is 5.24 Å². The van der Waals surface area contributed by atoms with Crippen molar-refractivity contribution in [3.8, 4) is 0 Å². The molecule has 0 atom stereocenters. The summed E-state index contributed by atoms with van der Waals surface area (Å²) >= 11 is 5.40. The number of aryl methyl sites for hydroxylation is 1. The molecule has 0 amide bonds. The average Bonchev–Trinajstić information content (AvgIpc) is 2.27. The van der Waals surface area contributed by atoms with Crippen LogP contribution in [0, 0.1) is 0 Å². The molecule has 0 saturated heterocycles. The fraction of sp³-hybridized carbons (Fsp3) is 0.167. The first-order valence-corrected chi connectivity index (χ1v) is 5.17. The molecule has 0 unspecified atom stereocenters. The number of nitrogens with zero attached hydrogens (tertiary/aromatic N) is 1. The number of halogens is 1. The molecule has 2 aromatic rings. The molecule has 2 rings (SSSR count). The van der Waals surface area contributed by atoms with Crippen molar-refractivity contribution in [1.82, 2.24) is 4.98 Å². The highest BCUT2D eigenvalue weighted by molar-refractivity contribution is 6.67. The number of fused-ring (bicyclic) bond motifs is 1. The van der Waals surface area contributed by atoms with Gasteiger partial charge in [-0.15, -0.1) is 0 Å². The lowest BCUT2D eigenvalue weighted by Crippen LogP contribution is -1.91. The van der Waals surface area contributed by atoms with Gasteiger partial charge in [-0.1, -0.05) is 13.0 Å². The van der Waals surface area contributed by atoms with E-state index in [2.05, 4.69) is 11.9 Å². The first-order valence-electron chi connectivity index (χ1n) is 4.79. The number of benzene rings is 1. The molecule has 0 radical (unpaired) electrons. The molecule has 1 heterocycles. The highest BCUT2D eigenvalue weighted by Crippen LogP contribution is 2.16. The van der Waals surface area contributed by atoms with Gasteiger partial charge in [0.1, 0.15) is 0 Å². The Morgan fingerprint density at radius 3 is 2.87 bits per heavy atom. The van der Waals surface area contributed by atoms with Crippen molar-refractivity contribution in [2.24, 2.45) is 0 Å². The molecule has 15 heavy (non-hydrogen) atoms. The quantitative estimate of drug-likeness (QED) is 0.727. The monoisotopic (exact) mass is 219 g/mol. The van der Waals surface area contributed by atoms with E-state index in [4.69, 9.17) is 11.6 Å². The lowest BCUT2D eigenvalue weighted by atomic mass is 10.1. The Hall–Kier alpha value is -1.41. The molecular formula is C12H10ClNO. The van der Waals surface area contributed by atoms with Gasteiger partial charge in [-0.05, 0) is 41.8 Å². The minimum atomic E-state index is -0.466. The third kappa shape index (κ3) is 2.00. The third-order valence-electron chi connectivity index (χ3n) is 2.38. The molecule has 1 aromatic carbocycles. The van der Waals surface area contributed by atoms with Crippen LogP contribution in [0.25, 0.3) is 10.9 Å². The molecule has 0 fully saturated rings. The second kappa shape index (κ2) is 3.99. The molecule has 0 N–H and O–H groups in total. The standard InChI is InChI=1S/C12H10ClNO/c1-2-8-3-4-11-9(5-8)6-10(7-14-11)12(13)15/h3-7H,2H2,1H3. The van der Waals surface area contributed by atoms with Crippen LogP contribution in [0.3, 0.4) is 0 Å². The van der Waals surface area contributed by atoms with E-state index >= 15 is 0 Å². The van der Waals surface area contributed by atoms with Crippen LogP contribution in [0.5, 0.6) is 0 Å². The van der Waals surface area contributed by atoms with Crippen molar-refractivity contribution in [3.05, 3.63) is 41.6 Å². The molecular weight excluding hydrogens is 210 g/mol. The van der Waals surface area contributed by atoms with Gasteiger partial charge in [0.2, 0.25) is 0 Å². The average molecular weight is 220 g/mol. The number of aromatic nitrogens is 1. The van der Waals surface area contributed by atoms with Gasteiger partial charge in [-0.2, -0.15) is 0 Å². The highest BCUT2D eigenvalue weighted by atomic mass is 35.5. The predicted molar refractivity (Wildman–Crippen MR) is 61.3 cm³/mol. The van der Waals surface area contributed by atoms with Crippen LogP contribution in [-0.2, 0) is 6.42 Å². The van der Waals surface area contributed by atoms with Crippen LogP contribution >= 0.6 is 11.6 Å². The number of hydrogen-bond acceptors (Lipinski definition) is 2. The minimum absolute atomic E-state index is 0.442. The first kappa shape index (κ1) is 10.1. The fourth-order valence-electron chi connectivity index (χ4n) is 1.51. The maximum absolute atomic E-state index is 11.0. The van der Waals surface area contributed by atoms with E-state index in [0.717, 1.165) is 17.3 Å². The second-order valence-electron chi connectivity index (χ2n) is 3.38. The molecule has 0 aliphatic carbocycles. The van der Waals surface area contributed by atoms with Gasteiger partial charge < -0.3 is 0 Å². The maximum atomic E-state index is 11.0. The zero-order valence-electron chi connectivity index (χ0n) is 8.33. The molecule has 76 valence electrons. The first-order chi connectivity index (χ1) is 7.20. The number of pyridine rings is 1. The van der Waals surface area contributed by atoms with Gasteiger partial charge in [0, 0.05) is 11.6 Å². The van der Waals surface area contributed by atoms with E-state index in [1.165, 1.54) is 11.8 Å². The number of hydrogen-bond donors (Lipinski definition) is 0. The molecule has 0 bridgehead atoms. The summed E-state index contributed by atoms with van der Waals surface area (Å²) in [6.45, 7) is 2.09. The van der Waals surface area contributed by atoms with Crippen molar-refractivity contribution in [3.63, 3.8) is 0 Å². The van der Waals surface area contributed by atoms with Gasteiger partial charge in [-0.3, -0.25) is 9.78 Å². The van der Waals surface area contributed by atoms with Crippen molar-refractivity contribution in [1.29, 1.82) is 0 Å². The highest BCUT2D eigenvalue weighted by Gasteiger charge is 2.04. The van der Waals surface area contributed by atoms with Gasteiger partial charge in [0.05, 0.1) is 11.1 Å². The summed E-state index contributed by atoms with van der Waals surface area (Å²) in [5.74, 6) is 0. The summed E-state index contributed by atoms with van der Waals surface area (Å²) in [5, 5.41) is 0.493. The Morgan fingerprint density at radius 1 is 1.40 bits per heavy atom. The van der Waals surface area contributed by atoms with Gasteiger partial charge in [0.25, 0.3) is 5.24 Å². The molecule has 0 aliphatic rings. The van der Waals surface area contributed by atoms with Gasteiger partial charge in [-0.25, -0.2) is 0 Å². The zero-order valence-corrected chi connectivity index (χ0v) is 9.08. The van der Waals surface area contributed by atoms with Crippen molar-refractivity contribution < 1.29 is 4.79 Å². The lowest BCUT2D eigenvalue weighted by Gasteiger charge is -2.01. The van der Waals surface area contributed by atoms with Crippen LogP contribution in [0.15, 0.2) is 30.5 Å². The number of carbonyl (C=O) groups excluding carboxylic acids is 1. The topological polar surface area (TPSA) is 30.0 Å². The van der Waals surface area contributed by atoms with E-state index in [1.54, 1.807) is 6.07 Å². The van der Waals surface area contributed by atoms with Crippen LogP contribution in [0.4, 0.5) is 0 Å². The van der Waals surface area contributed by atoms with Gasteiger partial charge >= 0.3 is 0 Å². The lowest BCUT2D eigenvalue weighted by molar-refractivity contribution is 0.108. The Balaban J connectivity index is 2.62. The predicted octanol–water partition coefficient (Wildman–Crippen LogP) is 3.18. The Morgan fingerprint density at radius 2 is 2.20 bits per heavy atom. The molecule has 0 aliphatic heterocycles. The molecule has 2 nitrogen and oxygen atoms in total. The normalized spacial score (nSPS) is 10.5. The summed E-state index contributed by atoms with van der Waals surface area (Å²) in [7, 11) is 0. The van der Waals surface area contributed by atoms with Crippen molar-refractivity contribution >= 4 is 27.7 Å². The fourth-order valence-corrected chi connectivity index (χ4v) is 1.61. The third-order valence-corrected chi connectivity index (χ3v) is 2.60. The van der Waals surface area contributed by atoms with E-state index in [0.29, 0.717) is 5.56 Å². The number of carbonyl (C=O) groups is 1. The summed E-state index contributed by atoms with van der Waals surface area (Å²) < 4.78 is 0. The molecule has 0 saturated carbocycles. The van der Waals surface area contributed by atoms with Crippen molar-refractivity contribution in [2.75, 3.05) is 0 Å². The largest absolute Gasteiger partial charge is 0.276 e. The summed E-state index contributed by atoms with van der Waals surface area (Å²) in [4.78, 5) is 15.1. The minimum Gasteiger partial charge on any atom is -0.276 e. The summed E-state index contributed by atoms with van der Waals surface area (Å²) in [6.07, 6.45) is 2.47. The SMILES string of the molecule is CCc1ccc2ncc(C(=O)Cl)cc2c1. The van der Waals surface area contributed by atoms with Gasteiger partial charge in [0.15, 0.2) is 0 Å². The molecule has 0 spiro atoms. The molecule has 3 heteroatoms. The van der Waals surface area contributed by atoms with E-state index in [-0.39, 0.29) is 0 Å². The molecule has 1 aromatic heterocycles. The smallest absolute Gasteiger partial charge is 0.253 e. The van der Waals surface area contributed by atoms with Crippen LogP contribution in [0.1, 0.15) is 22.8 Å². The number of rotatable bonds is 2. The summed E-state index contributed by atoms with van der Waals surface area (Å²) in [5.41, 5.74) is 2.55. The zero-order chi connectivity index (χ0) is 10.8. The van der Waals surface area contributed by atoms with Crippen LogP contribution in [-0.4, -0.2) is 10.2 Å². The summed E-state index contributed by atoms with van der Waals surface area (Å²) in [6, 6.07) is 7.80. The maximum Gasteiger partial charge on any atom is 0.253 e.